The molecule has 23 heavy (non-hydrogen) atoms. The number of anilines is 1. The average molecular weight is 326 g/mol. The van der Waals surface area contributed by atoms with Crippen LogP contribution in [0, 0.1) is 13.8 Å². The van der Waals surface area contributed by atoms with Gasteiger partial charge in [0.25, 0.3) is 5.91 Å². The molecule has 118 valence electrons. The Morgan fingerprint density at radius 1 is 1.26 bits per heavy atom. The molecule has 2 aromatic heterocycles. The number of hydrogen-bond acceptors (Lipinski definition) is 4. The Morgan fingerprint density at radius 2 is 2.00 bits per heavy atom. The standard InChI is InChI=1S/C17H18N4OS/c1-4-14-12(3)23-17(18-14)19-16(22)15-10-11(2)21(20-15)13-8-6-5-7-9-13/h5-10H,4H2,1-3H3,(H,18,19,22). The Kier molecular flexibility index (Phi) is 4.25. The van der Waals surface area contributed by atoms with E-state index in [1.807, 2.05) is 44.2 Å². The number of amides is 1. The molecule has 6 heteroatoms. The fraction of sp³-hybridized carbons (Fsp3) is 0.235. The molecule has 1 N–H and O–H groups in total. The van der Waals surface area contributed by atoms with Gasteiger partial charge in [0.1, 0.15) is 0 Å². The molecule has 0 spiro atoms. The fourth-order valence-electron chi connectivity index (χ4n) is 2.39. The summed E-state index contributed by atoms with van der Waals surface area (Å²) >= 11 is 1.49. The van der Waals surface area contributed by atoms with Gasteiger partial charge in [-0.1, -0.05) is 25.1 Å². The number of para-hydroxylation sites is 1. The molecule has 0 bridgehead atoms. The van der Waals surface area contributed by atoms with Gasteiger partial charge in [-0.3, -0.25) is 10.1 Å². The highest BCUT2D eigenvalue weighted by Gasteiger charge is 2.15. The van der Waals surface area contributed by atoms with Crippen molar-refractivity contribution in [2.45, 2.75) is 27.2 Å². The molecule has 0 aliphatic heterocycles. The first-order valence-electron chi connectivity index (χ1n) is 7.48. The van der Waals surface area contributed by atoms with Crippen molar-refractivity contribution in [2.24, 2.45) is 0 Å². The Bertz CT molecular complexity index is 836. The van der Waals surface area contributed by atoms with Gasteiger partial charge in [-0.2, -0.15) is 5.10 Å². The number of aromatic nitrogens is 3. The van der Waals surface area contributed by atoms with E-state index in [4.69, 9.17) is 0 Å². The molecule has 5 nitrogen and oxygen atoms in total. The Morgan fingerprint density at radius 3 is 2.65 bits per heavy atom. The van der Waals surface area contributed by atoms with Gasteiger partial charge in [0.2, 0.25) is 0 Å². The van der Waals surface area contributed by atoms with Gasteiger partial charge in [-0.05, 0) is 38.5 Å². The van der Waals surface area contributed by atoms with Crippen molar-refractivity contribution in [2.75, 3.05) is 5.32 Å². The molecule has 0 aliphatic rings. The highest BCUT2D eigenvalue weighted by Crippen LogP contribution is 2.23. The maximum absolute atomic E-state index is 12.4. The minimum Gasteiger partial charge on any atom is -0.296 e. The second kappa shape index (κ2) is 6.34. The highest BCUT2D eigenvalue weighted by atomic mass is 32.1. The number of nitrogens with one attached hydrogen (secondary N) is 1. The third kappa shape index (κ3) is 3.17. The van der Waals surface area contributed by atoms with E-state index in [0.29, 0.717) is 10.8 Å². The molecule has 1 aromatic carbocycles. The molecule has 0 aliphatic carbocycles. The molecule has 0 unspecified atom stereocenters. The summed E-state index contributed by atoms with van der Waals surface area (Å²) in [7, 11) is 0. The SMILES string of the molecule is CCc1nc(NC(=O)c2cc(C)n(-c3ccccc3)n2)sc1C. The van der Waals surface area contributed by atoms with Crippen molar-refractivity contribution >= 4 is 22.4 Å². The van der Waals surface area contributed by atoms with E-state index < -0.39 is 0 Å². The molecular formula is C17H18N4OS. The minimum absolute atomic E-state index is 0.237. The second-order valence-corrected chi connectivity index (χ2v) is 6.45. The van der Waals surface area contributed by atoms with E-state index in [1.165, 1.54) is 11.3 Å². The first-order valence-corrected chi connectivity index (χ1v) is 8.30. The molecule has 0 saturated heterocycles. The van der Waals surface area contributed by atoms with Gasteiger partial charge in [0, 0.05) is 10.6 Å². The van der Waals surface area contributed by atoms with Crippen molar-refractivity contribution in [1.82, 2.24) is 14.8 Å². The van der Waals surface area contributed by atoms with Gasteiger partial charge < -0.3 is 0 Å². The summed E-state index contributed by atoms with van der Waals surface area (Å²) in [6, 6.07) is 11.5. The first kappa shape index (κ1) is 15.4. The van der Waals surface area contributed by atoms with Gasteiger partial charge >= 0.3 is 0 Å². The van der Waals surface area contributed by atoms with Crippen molar-refractivity contribution < 1.29 is 4.79 Å². The third-order valence-electron chi connectivity index (χ3n) is 3.57. The van der Waals surface area contributed by atoms with E-state index in [9.17, 15) is 4.79 Å². The van der Waals surface area contributed by atoms with Gasteiger partial charge in [-0.15, -0.1) is 11.3 Å². The van der Waals surface area contributed by atoms with Crippen LogP contribution in [0.2, 0.25) is 0 Å². The number of aryl methyl sites for hydroxylation is 3. The molecule has 0 radical (unpaired) electrons. The Balaban J connectivity index is 1.83. The van der Waals surface area contributed by atoms with Crippen LogP contribution in [-0.4, -0.2) is 20.7 Å². The van der Waals surface area contributed by atoms with Crippen LogP contribution in [-0.2, 0) is 6.42 Å². The summed E-state index contributed by atoms with van der Waals surface area (Å²) in [6.07, 6.45) is 0.861. The summed E-state index contributed by atoms with van der Waals surface area (Å²) in [5, 5.41) is 7.87. The van der Waals surface area contributed by atoms with Crippen molar-refractivity contribution in [3.05, 3.63) is 58.4 Å². The van der Waals surface area contributed by atoms with E-state index in [2.05, 4.69) is 22.3 Å². The molecule has 0 atom stereocenters. The molecule has 3 aromatic rings. The molecule has 1 amide bonds. The molecule has 2 heterocycles. The summed E-state index contributed by atoms with van der Waals surface area (Å²) < 4.78 is 1.76. The average Bonchev–Trinajstić information content (AvgIpc) is 3.11. The van der Waals surface area contributed by atoms with Crippen LogP contribution >= 0.6 is 11.3 Å². The van der Waals surface area contributed by atoms with Crippen LogP contribution < -0.4 is 5.32 Å². The molecular weight excluding hydrogens is 308 g/mol. The lowest BCUT2D eigenvalue weighted by molar-refractivity contribution is 0.102. The largest absolute Gasteiger partial charge is 0.296 e. The third-order valence-corrected chi connectivity index (χ3v) is 4.50. The Hall–Kier alpha value is -2.47. The number of carbonyl (C=O) groups excluding carboxylic acids is 1. The van der Waals surface area contributed by atoms with Crippen LogP contribution in [0.15, 0.2) is 36.4 Å². The molecule has 0 fully saturated rings. The number of hydrogen-bond donors (Lipinski definition) is 1. The van der Waals surface area contributed by atoms with Crippen LogP contribution in [0.1, 0.15) is 33.7 Å². The van der Waals surface area contributed by atoms with Crippen molar-refractivity contribution in [3.63, 3.8) is 0 Å². The summed E-state index contributed by atoms with van der Waals surface area (Å²) in [6.45, 7) is 6.00. The zero-order chi connectivity index (χ0) is 16.4. The zero-order valence-corrected chi connectivity index (χ0v) is 14.1. The quantitative estimate of drug-likeness (QED) is 0.794. The van der Waals surface area contributed by atoms with Crippen LogP contribution in [0.5, 0.6) is 0 Å². The van der Waals surface area contributed by atoms with Crippen molar-refractivity contribution in [1.29, 1.82) is 0 Å². The van der Waals surface area contributed by atoms with Crippen LogP contribution in [0.4, 0.5) is 5.13 Å². The number of nitrogens with zero attached hydrogens (tertiary/aromatic N) is 3. The Labute approximate surface area is 139 Å². The second-order valence-electron chi connectivity index (χ2n) is 5.25. The predicted octanol–water partition coefficient (Wildman–Crippen LogP) is 3.76. The maximum Gasteiger partial charge on any atom is 0.277 e. The predicted molar refractivity (Wildman–Crippen MR) is 92.5 cm³/mol. The molecule has 3 rings (SSSR count). The van der Waals surface area contributed by atoms with Crippen LogP contribution in [0.3, 0.4) is 0 Å². The number of benzene rings is 1. The number of carbonyl (C=O) groups is 1. The lowest BCUT2D eigenvalue weighted by Gasteiger charge is -2.02. The van der Waals surface area contributed by atoms with E-state index in [0.717, 1.165) is 28.4 Å². The molecule has 0 saturated carbocycles. The first-order chi connectivity index (χ1) is 11.1. The normalized spacial score (nSPS) is 10.7. The van der Waals surface area contributed by atoms with Crippen molar-refractivity contribution in [3.8, 4) is 5.69 Å². The monoisotopic (exact) mass is 326 g/mol. The van der Waals surface area contributed by atoms with E-state index >= 15 is 0 Å². The highest BCUT2D eigenvalue weighted by molar-refractivity contribution is 7.15. The van der Waals surface area contributed by atoms with E-state index in [-0.39, 0.29) is 5.91 Å². The van der Waals surface area contributed by atoms with Crippen LogP contribution in [0.25, 0.3) is 5.69 Å². The lowest BCUT2D eigenvalue weighted by Crippen LogP contribution is -2.13. The fourth-order valence-corrected chi connectivity index (χ4v) is 3.28. The van der Waals surface area contributed by atoms with Gasteiger partial charge in [0.05, 0.1) is 11.4 Å². The van der Waals surface area contributed by atoms with E-state index in [1.54, 1.807) is 10.7 Å². The summed E-state index contributed by atoms with van der Waals surface area (Å²) in [4.78, 5) is 18.0. The minimum atomic E-state index is -0.237. The number of rotatable bonds is 4. The lowest BCUT2D eigenvalue weighted by atomic mass is 10.3. The smallest absolute Gasteiger partial charge is 0.277 e. The van der Waals surface area contributed by atoms with Gasteiger partial charge in [-0.25, -0.2) is 9.67 Å². The summed E-state index contributed by atoms with van der Waals surface area (Å²) in [5.41, 5.74) is 3.25. The van der Waals surface area contributed by atoms with Gasteiger partial charge in [0.15, 0.2) is 10.8 Å². The zero-order valence-electron chi connectivity index (χ0n) is 13.3. The number of thiazole rings is 1. The summed E-state index contributed by atoms with van der Waals surface area (Å²) in [5.74, 6) is -0.237. The maximum atomic E-state index is 12.4. The topological polar surface area (TPSA) is 59.8 Å².